The average molecular weight is 410 g/mol. The maximum Gasteiger partial charge on any atom is 0.258 e. The lowest BCUT2D eigenvalue weighted by atomic mass is 10.1. The van der Waals surface area contributed by atoms with Gasteiger partial charge >= 0.3 is 0 Å². The summed E-state index contributed by atoms with van der Waals surface area (Å²) in [5.74, 6) is 0.398. The fourth-order valence-electron chi connectivity index (χ4n) is 3.61. The zero-order valence-electron chi connectivity index (χ0n) is 16.3. The van der Waals surface area contributed by atoms with Crippen LogP contribution in [-0.4, -0.2) is 40.6 Å². The standard InChI is InChI=1S/C21H22N4O3S/c1-14-12-20(25(24-14)17-10-11-29(27,28)13-17)23-21(26)18-8-9-19(22-15(18)2)16-6-4-3-5-7-16/h3-9,12,17H,10-11,13H2,1-2H3,(H,23,26)/t17-/m0/s1. The Morgan fingerprint density at radius 2 is 1.90 bits per heavy atom. The molecule has 4 rings (SSSR count). The molecule has 1 N–H and O–H groups in total. The van der Waals surface area contributed by atoms with E-state index in [4.69, 9.17) is 0 Å². The predicted molar refractivity (Wildman–Crippen MR) is 112 cm³/mol. The van der Waals surface area contributed by atoms with Crippen molar-refractivity contribution in [1.29, 1.82) is 0 Å². The quantitative estimate of drug-likeness (QED) is 0.713. The van der Waals surface area contributed by atoms with Crippen LogP contribution in [0.1, 0.15) is 34.2 Å². The van der Waals surface area contributed by atoms with Crippen LogP contribution in [0.3, 0.4) is 0 Å². The first-order valence-electron chi connectivity index (χ1n) is 9.43. The molecule has 1 aliphatic heterocycles. The number of hydrogen-bond donors (Lipinski definition) is 1. The number of carbonyl (C=O) groups is 1. The van der Waals surface area contributed by atoms with Crippen LogP contribution in [0.2, 0.25) is 0 Å². The number of benzene rings is 1. The van der Waals surface area contributed by atoms with Gasteiger partial charge in [-0.3, -0.25) is 9.78 Å². The van der Waals surface area contributed by atoms with Crippen LogP contribution in [0.25, 0.3) is 11.3 Å². The summed E-state index contributed by atoms with van der Waals surface area (Å²) in [5.41, 5.74) is 3.60. The predicted octanol–water partition coefficient (Wildman–Crippen LogP) is 3.17. The Labute approximate surface area is 169 Å². The molecule has 2 aromatic heterocycles. The Morgan fingerprint density at radius 1 is 1.14 bits per heavy atom. The molecule has 1 aliphatic rings. The first kappa shape index (κ1) is 19.3. The van der Waals surface area contributed by atoms with Gasteiger partial charge in [0.1, 0.15) is 5.82 Å². The number of carbonyl (C=O) groups excluding carboxylic acids is 1. The van der Waals surface area contributed by atoms with Gasteiger partial charge in [0.05, 0.1) is 40.2 Å². The van der Waals surface area contributed by atoms with E-state index in [1.165, 1.54) is 0 Å². The highest BCUT2D eigenvalue weighted by molar-refractivity contribution is 7.91. The summed E-state index contributed by atoms with van der Waals surface area (Å²) >= 11 is 0. The fourth-order valence-corrected chi connectivity index (χ4v) is 5.30. The lowest BCUT2D eigenvalue weighted by Gasteiger charge is -2.14. The molecule has 0 bridgehead atoms. The number of anilines is 1. The van der Waals surface area contributed by atoms with E-state index in [1.807, 2.05) is 43.3 Å². The fraction of sp³-hybridized carbons (Fsp3) is 0.286. The molecule has 0 unspecified atom stereocenters. The molecule has 3 heterocycles. The second-order valence-corrected chi connectivity index (χ2v) is 9.55. The summed E-state index contributed by atoms with van der Waals surface area (Å²) in [6.45, 7) is 3.62. The minimum atomic E-state index is -3.05. The zero-order valence-corrected chi connectivity index (χ0v) is 17.1. The third-order valence-corrected chi connectivity index (χ3v) is 6.80. The number of hydrogen-bond acceptors (Lipinski definition) is 5. The summed E-state index contributed by atoms with van der Waals surface area (Å²) in [6.07, 6.45) is 0.499. The lowest BCUT2D eigenvalue weighted by Crippen LogP contribution is -2.20. The first-order chi connectivity index (χ1) is 13.8. The molecule has 0 aliphatic carbocycles. The van der Waals surface area contributed by atoms with Crippen LogP contribution in [0.4, 0.5) is 5.82 Å². The van der Waals surface area contributed by atoms with E-state index in [-0.39, 0.29) is 23.5 Å². The summed E-state index contributed by atoms with van der Waals surface area (Å²) in [6, 6.07) is 14.8. The van der Waals surface area contributed by atoms with Gasteiger partial charge < -0.3 is 5.32 Å². The van der Waals surface area contributed by atoms with Gasteiger partial charge in [-0.25, -0.2) is 13.1 Å². The van der Waals surface area contributed by atoms with Gasteiger partial charge in [-0.2, -0.15) is 5.10 Å². The molecular formula is C21H22N4O3S. The van der Waals surface area contributed by atoms with Gasteiger partial charge in [0.2, 0.25) is 0 Å². The minimum Gasteiger partial charge on any atom is -0.307 e. The smallest absolute Gasteiger partial charge is 0.258 e. The Balaban J connectivity index is 1.58. The van der Waals surface area contributed by atoms with Crippen LogP contribution in [-0.2, 0) is 9.84 Å². The van der Waals surface area contributed by atoms with E-state index in [1.54, 1.807) is 23.7 Å². The molecule has 7 nitrogen and oxygen atoms in total. The van der Waals surface area contributed by atoms with Gasteiger partial charge in [0, 0.05) is 11.6 Å². The largest absolute Gasteiger partial charge is 0.307 e. The molecule has 1 aromatic carbocycles. The van der Waals surface area contributed by atoms with Crippen molar-refractivity contribution in [2.75, 3.05) is 16.8 Å². The number of amides is 1. The highest BCUT2D eigenvalue weighted by Gasteiger charge is 2.31. The second kappa shape index (κ2) is 7.44. The Bertz CT molecular complexity index is 1170. The molecule has 0 spiro atoms. The highest BCUT2D eigenvalue weighted by Crippen LogP contribution is 2.27. The summed E-state index contributed by atoms with van der Waals surface area (Å²) < 4.78 is 25.3. The maximum absolute atomic E-state index is 12.9. The Kier molecular flexibility index (Phi) is 4.96. The summed E-state index contributed by atoms with van der Waals surface area (Å²) in [4.78, 5) is 17.4. The monoisotopic (exact) mass is 410 g/mol. The van der Waals surface area contributed by atoms with Crippen LogP contribution in [0, 0.1) is 13.8 Å². The summed E-state index contributed by atoms with van der Waals surface area (Å²) in [7, 11) is -3.05. The number of nitrogens with zero attached hydrogens (tertiary/aromatic N) is 3. The third-order valence-electron chi connectivity index (χ3n) is 5.05. The van der Waals surface area contributed by atoms with Crippen LogP contribution in [0.15, 0.2) is 48.5 Å². The summed E-state index contributed by atoms with van der Waals surface area (Å²) in [5, 5.41) is 7.28. The molecule has 1 saturated heterocycles. The second-order valence-electron chi connectivity index (χ2n) is 7.32. The third kappa shape index (κ3) is 4.07. The normalized spacial score (nSPS) is 17.9. The number of aryl methyl sites for hydroxylation is 2. The Hall–Kier alpha value is -3.00. The van der Waals surface area contributed by atoms with Gasteiger partial charge in [-0.1, -0.05) is 30.3 Å². The molecule has 0 saturated carbocycles. The number of aromatic nitrogens is 3. The van der Waals surface area contributed by atoms with Gasteiger partial charge in [0.25, 0.3) is 5.91 Å². The van der Waals surface area contributed by atoms with Crippen molar-refractivity contribution in [3.05, 3.63) is 65.5 Å². The van der Waals surface area contributed by atoms with E-state index in [0.29, 0.717) is 23.5 Å². The molecule has 1 fully saturated rings. The lowest BCUT2D eigenvalue weighted by molar-refractivity contribution is 0.102. The van der Waals surface area contributed by atoms with E-state index >= 15 is 0 Å². The zero-order chi connectivity index (χ0) is 20.6. The van der Waals surface area contributed by atoms with Crippen molar-refractivity contribution >= 4 is 21.6 Å². The number of pyridine rings is 1. The molecule has 3 aromatic rings. The highest BCUT2D eigenvalue weighted by atomic mass is 32.2. The van der Waals surface area contributed by atoms with Gasteiger partial charge in [-0.05, 0) is 32.4 Å². The average Bonchev–Trinajstić information content (AvgIpc) is 3.23. The molecule has 150 valence electrons. The molecule has 8 heteroatoms. The van der Waals surface area contributed by atoms with Crippen LogP contribution < -0.4 is 5.32 Å². The van der Waals surface area contributed by atoms with Crippen LogP contribution in [0.5, 0.6) is 0 Å². The molecule has 29 heavy (non-hydrogen) atoms. The van der Waals surface area contributed by atoms with E-state index in [2.05, 4.69) is 15.4 Å². The van der Waals surface area contributed by atoms with E-state index < -0.39 is 9.84 Å². The van der Waals surface area contributed by atoms with Crippen molar-refractivity contribution in [3.8, 4) is 11.3 Å². The van der Waals surface area contributed by atoms with Gasteiger partial charge in [0.15, 0.2) is 9.84 Å². The van der Waals surface area contributed by atoms with Crippen molar-refractivity contribution in [3.63, 3.8) is 0 Å². The van der Waals surface area contributed by atoms with Crippen molar-refractivity contribution in [1.82, 2.24) is 14.8 Å². The topological polar surface area (TPSA) is 94.0 Å². The number of sulfone groups is 1. The first-order valence-corrected chi connectivity index (χ1v) is 11.3. The Morgan fingerprint density at radius 3 is 2.55 bits per heavy atom. The number of rotatable bonds is 4. The van der Waals surface area contributed by atoms with Crippen LogP contribution >= 0.6 is 0 Å². The van der Waals surface area contributed by atoms with E-state index in [0.717, 1.165) is 17.0 Å². The van der Waals surface area contributed by atoms with E-state index in [9.17, 15) is 13.2 Å². The van der Waals surface area contributed by atoms with Crippen molar-refractivity contribution in [2.45, 2.75) is 26.3 Å². The number of nitrogens with one attached hydrogen (secondary N) is 1. The van der Waals surface area contributed by atoms with Crippen molar-refractivity contribution < 1.29 is 13.2 Å². The van der Waals surface area contributed by atoms with Crippen molar-refractivity contribution in [2.24, 2.45) is 0 Å². The molecule has 1 amide bonds. The SMILES string of the molecule is Cc1cc(NC(=O)c2ccc(-c3ccccc3)nc2C)n([C@H]2CCS(=O)(=O)C2)n1. The molecular weight excluding hydrogens is 388 g/mol. The minimum absolute atomic E-state index is 0.0450. The molecule has 0 radical (unpaired) electrons. The van der Waals surface area contributed by atoms with Gasteiger partial charge in [-0.15, -0.1) is 0 Å². The molecule has 1 atom stereocenters. The maximum atomic E-state index is 12.9.